The summed E-state index contributed by atoms with van der Waals surface area (Å²) in [6.07, 6.45) is 0.164. The number of carboxylic acid groups (broad SMARTS) is 1. The molecule has 1 saturated heterocycles. The quantitative estimate of drug-likeness (QED) is 0.493. The van der Waals surface area contributed by atoms with E-state index in [1.165, 1.54) is 0 Å². The second-order valence-electron chi connectivity index (χ2n) is 9.59. The van der Waals surface area contributed by atoms with Crippen molar-refractivity contribution in [1.82, 2.24) is 10.2 Å². The molecule has 2 atom stereocenters. The first-order valence-corrected chi connectivity index (χ1v) is 10.0. The third kappa shape index (κ3) is 6.45. The molecule has 3 amide bonds. The molecule has 0 aliphatic carbocycles. The molecule has 1 fully saturated rings. The molecule has 2 rings (SSSR count). The Morgan fingerprint density at radius 2 is 1.70 bits per heavy atom. The van der Waals surface area contributed by atoms with Gasteiger partial charge in [-0.05, 0) is 50.3 Å². The number of imide groups is 1. The smallest absolute Gasteiger partial charge is 0.327 e. The molecule has 0 aromatic heterocycles. The SMILES string of the molecule is CC(C)(C)CC(C(=O)O)N1C(=O)NC(c2ccc(OCCOC(C)(C)C)cc2)C1=O. The number of nitrogens with one attached hydrogen (secondary N) is 1. The fraction of sp³-hybridized carbons (Fsp3) is 0.591. The van der Waals surface area contributed by atoms with Gasteiger partial charge < -0.3 is 19.9 Å². The van der Waals surface area contributed by atoms with E-state index in [1.807, 2.05) is 41.5 Å². The van der Waals surface area contributed by atoms with Crippen molar-refractivity contribution in [3.8, 4) is 5.75 Å². The van der Waals surface area contributed by atoms with Gasteiger partial charge in [-0.2, -0.15) is 0 Å². The molecule has 0 bridgehead atoms. The minimum atomic E-state index is -1.21. The fourth-order valence-corrected chi connectivity index (χ4v) is 3.15. The number of hydrogen-bond donors (Lipinski definition) is 2. The summed E-state index contributed by atoms with van der Waals surface area (Å²) in [6, 6.07) is 3.96. The van der Waals surface area contributed by atoms with E-state index in [0.717, 1.165) is 4.90 Å². The third-order valence-electron chi connectivity index (χ3n) is 4.47. The van der Waals surface area contributed by atoms with Gasteiger partial charge in [0.2, 0.25) is 0 Å². The van der Waals surface area contributed by atoms with Gasteiger partial charge in [0.1, 0.15) is 24.4 Å². The maximum Gasteiger partial charge on any atom is 0.327 e. The van der Waals surface area contributed by atoms with Crippen LogP contribution < -0.4 is 10.1 Å². The molecule has 0 radical (unpaired) electrons. The lowest BCUT2D eigenvalue weighted by Crippen LogP contribution is -2.47. The average molecular weight is 421 g/mol. The second kappa shape index (κ2) is 9.04. The normalized spacial score (nSPS) is 18.3. The first-order chi connectivity index (χ1) is 13.8. The maximum atomic E-state index is 12.9. The predicted octanol–water partition coefficient (Wildman–Crippen LogP) is 3.36. The summed E-state index contributed by atoms with van der Waals surface area (Å²) in [5, 5.41) is 12.2. The Morgan fingerprint density at radius 3 is 2.20 bits per heavy atom. The lowest BCUT2D eigenvalue weighted by molar-refractivity contribution is -0.148. The number of urea groups is 1. The number of carboxylic acids is 1. The van der Waals surface area contributed by atoms with Gasteiger partial charge in [0, 0.05) is 0 Å². The van der Waals surface area contributed by atoms with Crippen LogP contribution in [0.5, 0.6) is 5.75 Å². The van der Waals surface area contributed by atoms with Gasteiger partial charge in [0.15, 0.2) is 0 Å². The zero-order chi connectivity index (χ0) is 22.7. The van der Waals surface area contributed by atoms with Gasteiger partial charge in [-0.15, -0.1) is 0 Å². The molecule has 1 aliphatic rings. The molecule has 1 aromatic carbocycles. The molecule has 0 saturated carbocycles. The topological polar surface area (TPSA) is 105 Å². The van der Waals surface area contributed by atoms with Crippen LogP contribution in [0.15, 0.2) is 24.3 Å². The minimum absolute atomic E-state index is 0.164. The molecule has 2 N–H and O–H groups in total. The number of carbonyl (C=O) groups is 3. The third-order valence-corrected chi connectivity index (χ3v) is 4.47. The van der Waals surface area contributed by atoms with Crippen LogP contribution in [0.4, 0.5) is 4.79 Å². The highest BCUT2D eigenvalue weighted by Gasteiger charge is 2.46. The summed E-state index contributed by atoms with van der Waals surface area (Å²) in [5.41, 5.74) is -0.0350. The molecule has 30 heavy (non-hydrogen) atoms. The number of carbonyl (C=O) groups excluding carboxylic acids is 2. The summed E-state index contributed by atoms with van der Waals surface area (Å²) in [4.78, 5) is 37.8. The zero-order valence-electron chi connectivity index (χ0n) is 18.5. The van der Waals surface area contributed by atoms with Crippen LogP contribution in [0.25, 0.3) is 0 Å². The monoisotopic (exact) mass is 420 g/mol. The highest BCUT2D eigenvalue weighted by Crippen LogP contribution is 2.30. The lowest BCUT2D eigenvalue weighted by Gasteiger charge is -2.28. The summed E-state index contributed by atoms with van der Waals surface area (Å²) in [7, 11) is 0. The van der Waals surface area contributed by atoms with Gasteiger partial charge in [-0.1, -0.05) is 32.9 Å². The van der Waals surface area contributed by atoms with Crippen molar-refractivity contribution >= 4 is 17.9 Å². The molecule has 166 valence electrons. The Labute approximate surface area is 177 Å². The summed E-state index contributed by atoms with van der Waals surface area (Å²) in [6.45, 7) is 12.3. The highest BCUT2D eigenvalue weighted by atomic mass is 16.5. The van der Waals surface area contributed by atoms with Crippen molar-refractivity contribution < 1.29 is 29.0 Å². The van der Waals surface area contributed by atoms with E-state index >= 15 is 0 Å². The van der Waals surface area contributed by atoms with Crippen LogP contribution in [0, 0.1) is 5.41 Å². The van der Waals surface area contributed by atoms with Gasteiger partial charge >= 0.3 is 12.0 Å². The molecule has 1 aromatic rings. The van der Waals surface area contributed by atoms with Crippen molar-refractivity contribution in [2.24, 2.45) is 5.41 Å². The van der Waals surface area contributed by atoms with Crippen molar-refractivity contribution in [2.45, 2.75) is 65.6 Å². The van der Waals surface area contributed by atoms with Crippen molar-refractivity contribution in [3.63, 3.8) is 0 Å². The number of amides is 3. The van der Waals surface area contributed by atoms with Gasteiger partial charge in [-0.3, -0.25) is 4.79 Å². The van der Waals surface area contributed by atoms with Gasteiger partial charge in [0.05, 0.1) is 12.2 Å². The summed E-state index contributed by atoms with van der Waals surface area (Å²) in [5.74, 6) is -1.15. The van der Waals surface area contributed by atoms with Gasteiger partial charge in [0.25, 0.3) is 5.91 Å². The number of benzene rings is 1. The predicted molar refractivity (Wildman–Crippen MR) is 111 cm³/mol. The minimum Gasteiger partial charge on any atom is -0.491 e. The molecule has 1 aliphatic heterocycles. The lowest BCUT2D eigenvalue weighted by atomic mass is 9.87. The molecule has 8 nitrogen and oxygen atoms in total. The molecule has 2 unspecified atom stereocenters. The number of hydrogen-bond acceptors (Lipinski definition) is 5. The summed E-state index contributed by atoms with van der Waals surface area (Å²) >= 11 is 0. The van der Waals surface area contributed by atoms with Crippen LogP contribution in [0.1, 0.15) is 59.6 Å². The first kappa shape index (κ1) is 23.7. The molecule has 0 spiro atoms. The average Bonchev–Trinajstić information content (AvgIpc) is 2.90. The van der Waals surface area contributed by atoms with E-state index in [1.54, 1.807) is 24.3 Å². The van der Waals surface area contributed by atoms with E-state index in [9.17, 15) is 19.5 Å². The Kier molecular flexibility index (Phi) is 7.13. The fourth-order valence-electron chi connectivity index (χ4n) is 3.15. The Balaban J connectivity index is 2.05. The number of nitrogens with zero attached hydrogens (tertiary/aromatic N) is 1. The number of ether oxygens (including phenoxy) is 2. The van der Waals surface area contributed by atoms with E-state index in [2.05, 4.69) is 5.32 Å². The Bertz CT molecular complexity index is 776. The number of aliphatic carboxylic acids is 1. The molecule has 8 heteroatoms. The highest BCUT2D eigenvalue weighted by molar-refractivity contribution is 6.07. The van der Waals surface area contributed by atoms with Crippen LogP contribution in [0.3, 0.4) is 0 Å². The van der Waals surface area contributed by atoms with E-state index in [4.69, 9.17) is 9.47 Å². The standard InChI is InChI=1S/C22H32N2O6/c1-21(2,3)13-16(19(26)27)24-18(25)17(23-20(24)28)14-7-9-15(10-8-14)29-11-12-30-22(4,5)6/h7-10,16-17H,11-13H2,1-6H3,(H,23,28)(H,26,27). The van der Waals surface area contributed by atoms with Crippen molar-refractivity contribution in [1.29, 1.82) is 0 Å². The molecule has 1 heterocycles. The zero-order valence-corrected chi connectivity index (χ0v) is 18.5. The second-order valence-corrected chi connectivity index (χ2v) is 9.59. The van der Waals surface area contributed by atoms with Crippen LogP contribution in [-0.2, 0) is 14.3 Å². The van der Waals surface area contributed by atoms with Crippen molar-refractivity contribution in [3.05, 3.63) is 29.8 Å². The number of rotatable bonds is 8. The van der Waals surface area contributed by atoms with Crippen molar-refractivity contribution in [2.75, 3.05) is 13.2 Å². The largest absolute Gasteiger partial charge is 0.491 e. The Morgan fingerprint density at radius 1 is 1.10 bits per heavy atom. The van der Waals surface area contributed by atoms with Gasteiger partial charge in [-0.25, -0.2) is 14.5 Å². The van der Waals surface area contributed by atoms with Crippen LogP contribution in [-0.4, -0.2) is 52.8 Å². The summed E-state index contributed by atoms with van der Waals surface area (Å²) < 4.78 is 11.2. The molecular weight excluding hydrogens is 388 g/mol. The van der Waals surface area contributed by atoms with E-state index < -0.39 is 30.0 Å². The van der Waals surface area contributed by atoms with Crippen LogP contribution in [0.2, 0.25) is 0 Å². The maximum absolute atomic E-state index is 12.9. The molecular formula is C22H32N2O6. The van der Waals surface area contributed by atoms with Crippen LogP contribution >= 0.6 is 0 Å². The Hall–Kier alpha value is -2.61. The van der Waals surface area contributed by atoms with E-state index in [-0.39, 0.29) is 17.4 Å². The van der Waals surface area contributed by atoms with E-state index in [0.29, 0.717) is 24.5 Å². The first-order valence-electron chi connectivity index (χ1n) is 10.0.